The Kier molecular flexibility index (Phi) is 6.61. The minimum Gasteiger partial charge on any atom is -0.382 e. The number of benzene rings is 2. The van der Waals surface area contributed by atoms with Crippen LogP contribution in [0.25, 0.3) is 0 Å². The van der Waals surface area contributed by atoms with Crippen LogP contribution in [-0.2, 0) is 4.74 Å². The summed E-state index contributed by atoms with van der Waals surface area (Å²) >= 11 is 0. The zero-order valence-electron chi connectivity index (χ0n) is 16.3. The van der Waals surface area contributed by atoms with Crippen molar-refractivity contribution in [3.63, 3.8) is 0 Å². The van der Waals surface area contributed by atoms with Crippen molar-refractivity contribution in [2.24, 2.45) is 10.9 Å². The van der Waals surface area contributed by atoms with E-state index in [1.54, 1.807) is 7.11 Å². The first-order valence-electron chi connectivity index (χ1n) is 9.51. The summed E-state index contributed by atoms with van der Waals surface area (Å²) in [5.74, 6) is 1.36. The maximum absolute atomic E-state index is 5.44. The highest BCUT2D eigenvalue weighted by Gasteiger charge is 2.24. The summed E-state index contributed by atoms with van der Waals surface area (Å²) in [6.07, 6.45) is 8.51. The van der Waals surface area contributed by atoms with Gasteiger partial charge in [0.15, 0.2) is 0 Å². The summed E-state index contributed by atoms with van der Waals surface area (Å²) in [6.45, 7) is 4.99. The molecule has 0 saturated carbocycles. The third-order valence-electron chi connectivity index (χ3n) is 4.76. The van der Waals surface area contributed by atoms with Crippen LogP contribution in [0.4, 0.5) is 0 Å². The van der Waals surface area contributed by atoms with Gasteiger partial charge in [0.05, 0.1) is 18.7 Å². The number of nitrogens with zero attached hydrogens (tertiary/aromatic N) is 2. The van der Waals surface area contributed by atoms with E-state index < -0.39 is 0 Å². The molecule has 0 amide bonds. The van der Waals surface area contributed by atoms with Gasteiger partial charge in [0.2, 0.25) is 0 Å². The van der Waals surface area contributed by atoms with E-state index in [1.807, 2.05) is 6.07 Å². The number of hydrogen-bond acceptors (Lipinski definition) is 2. The molecule has 0 radical (unpaired) electrons. The van der Waals surface area contributed by atoms with Crippen molar-refractivity contribution in [2.45, 2.75) is 25.9 Å². The first kappa shape index (κ1) is 19.1. The number of rotatable bonds is 6. The monoisotopic (exact) mass is 360 g/mol. The Morgan fingerprint density at radius 2 is 1.67 bits per heavy atom. The van der Waals surface area contributed by atoms with Gasteiger partial charge in [-0.1, -0.05) is 86.7 Å². The SMILES string of the molecule is COC[C@@H](N=C(c1ccccc1)N1C=CC=C[C@H]1c1ccccc1)C(C)C. The lowest BCUT2D eigenvalue weighted by Crippen LogP contribution is -2.34. The fourth-order valence-corrected chi connectivity index (χ4v) is 3.21. The van der Waals surface area contributed by atoms with Crippen molar-refractivity contribution < 1.29 is 4.74 Å². The molecule has 0 fully saturated rings. The molecule has 3 rings (SSSR count). The van der Waals surface area contributed by atoms with Crippen LogP contribution < -0.4 is 0 Å². The second kappa shape index (κ2) is 9.33. The highest BCUT2D eigenvalue weighted by atomic mass is 16.5. The van der Waals surface area contributed by atoms with E-state index in [0.717, 1.165) is 11.4 Å². The van der Waals surface area contributed by atoms with E-state index in [9.17, 15) is 0 Å². The van der Waals surface area contributed by atoms with E-state index >= 15 is 0 Å². The fraction of sp³-hybridized carbons (Fsp3) is 0.292. The number of methoxy groups -OCH3 is 1. The van der Waals surface area contributed by atoms with E-state index in [4.69, 9.17) is 9.73 Å². The van der Waals surface area contributed by atoms with Gasteiger partial charge in [-0.15, -0.1) is 0 Å². The number of allylic oxidation sites excluding steroid dienone is 2. The molecule has 0 saturated heterocycles. The molecule has 0 N–H and O–H groups in total. The summed E-state index contributed by atoms with van der Waals surface area (Å²) in [4.78, 5) is 7.43. The maximum Gasteiger partial charge on any atom is 0.136 e. The number of ether oxygens (including phenoxy) is 1. The lowest BCUT2D eigenvalue weighted by molar-refractivity contribution is 0.164. The Morgan fingerprint density at radius 1 is 1.00 bits per heavy atom. The Morgan fingerprint density at radius 3 is 2.30 bits per heavy atom. The minimum absolute atomic E-state index is 0.0981. The van der Waals surface area contributed by atoms with Crippen molar-refractivity contribution in [3.05, 3.63) is 96.2 Å². The molecule has 1 aliphatic heterocycles. The molecule has 0 spiro atoms. The Labute approximate surface area is 162 Å². The summed E-state index contributed by atoms with van der Waals surface area (Å²) < 4.78 is 5.44. The van der Waals surface area contributed by atoms with Crippen molar-refractivity contribution in [1.29, 1.82) is 0 Å². The van der Waals surface area contributed by atoms with Gasteiger partial charge in [0, 0.05) is 18.9 Å². The van der Waals surface area contributed by atoms with Crippen LogP contribution in [0.3, 0.4) is 0 Å². The molecule has 0 bridgehead atoms. The zero-order chi connectivity index (χ0) is 19.1. The summed E-state index contributed by atoms with van der Waals surface area (Å²) in [5, 5.41) is 0. The van der Waals surface area contributed by atoms with Gasteiger partial charge in [-0.25, -0.2) is 0 Å². The molecular weight excluding hydrogens is 332 g/mol. The highest BCUT2D eigenvalue weighted by Crippen LogP contribution is 2.28. The number of hydrogen-bond donors (Lipinski definition) is 0. The van der Waals surface area contributed by atoms with E-state index in [2.05, 4.69) is 97.8 Å². The highest BCUT2D eigenvalue weighted by molar-refractivity contribution is 6.00. The second-order valence-electron chi connectivity index (χ2n) is 7.07. The molecule has 0 aromatic heterocycles. The standard InChI is InChI=1S/C24H28N2O/c1-19(2)22(18-27-3)25-24(21-14-8-5-9-15-21)26-17-11-10-16-23(26)20-12-6-4-7-13-20/h4-17,19,22-23H,18H2,1-3H3/t22-,23+/m1/s1. The van der Waals surface area contributed by atoms with Crippen LogP contribution >= 0.6 is 0 Å². The van der Waals surface area contributed by atoms with Gasteiger partial charge >= 0.3 is 0 Å². The van der Waals surface area contributed by atoms with Gasteiger partial charge in [0.25, 0.3) is 0 Å². The molecule has 0 aliphatic carbocycles. The zero-order valence-corrected chi connectivity index (χ0v) is 16.3. The fourth-order valence-electron chi connectivity index (χ4n) is 3.21. The average Bonchev–Trinajstić information content (AvgIpc) is 2.72. The predicted octanol–water partition coefficient (Wildman–Crippen LogP) is 5.23. The Hall–Kier alpha value is -2.65. The second-order valence-corrected chi connectivity index (χ2v) is 7.07. The molecular formula is C24H28N2O. The largest absolute Gasteiger partial charge is 0.382 e. The first-order valence-corrected chi connectivity index (χ1v) is 9.51. The number of amidine groups is 1. The molecule has 27 heavy (non-hydrogen) atoms. The van der Waals surface area contributed by atoms with Crippen molar-refractivity contribution >= 4 is 5.84 Å². The molecule has 2 atom stereocenters. The van der Waals surface area contributed by atoms with Crippen LogP contribution in [0.1, 0.15) is 31.0 Å². The summed E-state index contributed by atoms with van der Waals surface area (Å²) in [6, 6.07) is 21.2. The van der Waals surface area contributed by atoms with Crippen molar-refractivity contribution in [1.82, 2.24) is 4.90 Å². The Balaban J connectivity index is 2.06. The quantitative estimate of drug-likeness (QED) is 0.520. The molecule has 2 aromatic rings. The van der Waals surface area contributed by atoms with E-state index in [0.29, 0.717) is 12.5 Å². The average molecular weight is 361 g/mol. The molecule has 0 unspecified atom stereocenters. The molecule has 3 nitrogen and oxygen atoms in total. The Bertz CT molecular complexity index is 794. The lowest BCUT2D eigenvalue weighted by Gasteiger charge is -2.33. The lowest BCUT2D eigenvalue weighted by atomic mass is 10.0. The van der Waals surface area contributed by atoms with Crippen molar-refractivity contribution in [3.8, 4) is 0 Å². The van der Waals surface area contributed by atoms with E-state index in [-0.39, 0.29) is 12.1 Å². The third kappa shape index (κ3) is 4.75. The molecule has 1 aliphatic rings. The predicted molar refractivity (Wildman–Crippen MR) is 113 cm³/mol. The third-order valence-corrected chi connectivity index (χ3v) is 4.76. The van der Waals surface area contributed by atoms with Gasteiger partial charge in [0.1, 0.15) is 5.84 Å². The van der Waals surface area contributed by atoms with Crippen LogP contribution in [0, 0.1) is 5.92 Å². The topological polar surface area (TPSA) is 24.8 Å². The minimum atomic E-state index is 0.0981. The molecule has 1 heterocycles. The van der Waals surface area contributed by atoms with Crippen LogP contribution in [-0.4, -0.2) is 30.5 Å². The molecule has 140 valence electrons. The normalized spacial score (nSPS) is 18.1. The molecule has 2 aromatic carbocycles. The van der Waals surface area contributed by atoms with Crippen LogP contribution in [0.15, 0.2) is 90.1 Å². The summed E-state index contributed by atoms with van der Waals surface area (Å²) in [5.41, 5.74) is 2.36. The number of aliphatic imine (C=N–C) groups is 1. The van der Waals surface area contributed by atoms with Gasteiger partial charge in [-0.05, 0) is 17.6 Å². The van der Waals surface area contributed by atoms with Gasteiger partial charge < -0.3 is 9.64 Å². The van der Waals surface area contributed by atoms with Crippen LogP contribution in [0.2, 0.25) is 0 Å². The smallest absolute Gasteiger partial charge is 0.136 e. The van der Waals surface area contributed by atoms with Gasteiger partial charge in [-0.3, -0.25) is 4.99 Å². The van der Waals surface area contributed by atoms with Gasteiger partial charge in [-0.2, -0.15) is 0 Å². The maximum atomic E-state index is 5.44. The van der Waals surface area contributed by atoms with Crippen LogP contribution in [0.5, 0.6) is 0 Å². The van der Waals surface area contributed by atoms with Crippen molar-refractivity contribution in [2.75, 3.05) is 13.7 Å². The van der Waals surface area contributed by atoms with E-state index in [1.165, 1.54) is 5.56 Å². The summed E-state index contributed by atoms with van der Waals surface area (Å²) in [7, 11) is 1.74. The molecule has 3 heteroatoms. The first-order chi connectivity index (χ1) is 13.2.